The van der Waals surface area contributed by atoms with Crippen molar-refractivity contribution < 1.29 is 14.7 Å². The minimum Gasteiger partial charge on any atom is -0.478 e. The van der Waals surface area contributed by atoms with Crippen LogP contribution in [0.3, 0.4) is 0 Å². The molecule has 0 spiro atoms. The number of aromatic carboxylic acids is 1. The van der Waals surface area contributed by atoms with Crippen molar-refractivity contribution in [2.45, 2.75) is 106 Å². The second-order valence-electron chi connectivity index (χ2n) is 18.5. The van der Waals surface area contributed by atoms with Gasteiger partial charge >= 0.3 is 5.97 Å². The van der Waals surface area contributed by atoms with Gasteiger partial charge in [0.1, 0.15) is 5.01 Å². The van der Waals surface area contributed by atoms with Gasteiger partial charge in [-0.3, -0.25) is 4.79 Å². The topological polar surface area (TPSA) is 79.3 Å². The van der Waals surface area contributed by atoms with Crippen molar-refractivity contribution in [2.24, 2.45) is 56.7 Å². The maximum Gasteiger partial charge on any atom is 0.335 e. The van der Waals surface area contributed by atoms with Crippen LogP contribution >= 0.6 is 11.3 Å². The maximum atomic E-state index is 14.6. The number of aromatic nitrogens is 1. The van der Waals surface area contributed by atoms with E-state index in [-0.39, 0.29) is 33.0 Å². The summed E-state index contributed by atoms with van der Waals surface area (Å²) in [5, 5.41) is 13.9. The molecule has 1 heterocycles. The molecule has 3 aromatic rings. The van der Waals surface area contributed by atoms with E-state index in [1.54, 1.807) is 23.5 Å². The summed E-state index contributed by atoms with van der Waals surface area (Å²) in [6.07, 6.45) is 12.5. The first kappa shape index (κ1) is 34.8. The summed E-state index contributed by atoms with van der Waals surface area (Å²) in [6.45, 7) is 20.1. The van der Waals surface area contributed by atoms with Crippen LogP contribution in [0.25, 0.3) is 15.8 Å². The minimum atomic E-state index is -0.876. The summed E-state index contributed by atoms with van der Waals surface area (Å²) >= 11 is 1.69. The van der Waals surface area contributed by atoms with E-state index in [0.29, 0.717) is 41.7 Å². The average molecular weight is 705 g/mol. The maximum absolute atomic E-state index is 14.6. The molecule has 9 atom stereocenters. The fourth-order valence-electron chi connectivity index (χ4n) is 13.8. The van der Waals surface area contributed by atoms with Gasteiger partial charge in [0.05, 0.1) is 27.7 Å². The van der Waals surface area contributed by atoms with Crippen LogP contribution < -0.4 is 5.32 Å². The Morgan fingerprint density at radius 2 is 1.65 bits per heavy atom. The highest BCUT2D eigenvalue weighted by atomic mass is 32.1. The van der Waals surface area contributed by atoms with Gasteiger partial charge < -0.3 is 10.4 Å². The van der Waals surface area contributed by atoms with E-state index < -0.39 is 5.97 Å². The predicted octanol–water partition coefficient (Wildman–Crippen LogP) is 11.0. The minimum absolute atomic E-state index is 0.0175. The number of rotatable bonds is 6. The quantitative estimate of drug-likeness (QED) is 0.250. The van der Waals surface area contributed by atoms with Crippen molar-refractivity contribution >= 4 is 39.0 Å². The van der Waals surface area contributed by atoms with Crippen molar-refractivity contribution in [2.75, 3.05) is 0 Å². The Morgan fingerprint density at radius 3 is 2.35 bits per heavy atom. The third-order valence-corrected chi connectivity index (χ3v) is 17.3. The average Bonchev–Trinajstić information content (AvgIpc) is 3.70. The molecule has 0 unspecified atom stereocenters. The number of thiazole rings is 1. The largest absolute Gasteiger partial charge is 0.478 e. The monoisotopic (exact) mass is 704 g/mol. The zero-order valence-electron chi connectivity index (χ0n) is 31.5. The number of hydrogen-bond acceptors (Lipinski definition) is 4. The number of carbonyl (C=O) groups is 2. The first-order valence-corrected chi connectivity index (χ1v) is 20.3. The molecule has 2 aromatic carbocycles. The molecule has 5 nitrogen and oxygen atoms in total. The number of benzene rings is 2. The van der Waals surface area contributed by atoms with Gasteiger partial charge in [-0.15, -0.1) is 11.3 Å². The lowest BCUT2D eigenvalue weighted by Crippen LogP contribution is -2.66. The van der Waals surface area contributed by atoms with Gasteiger partial charge in [-0.05, 0) is 151 Å². The molecular formula is C45H56N2O3S. The summed E-state index contributed by atoms with van der Waals surface area (Å²) in [7, 11) is 0. The van der Waals surface area contributed by atoms with E-state index >= 15 is 0 Å². The first-order valence-electron chi connectivity index (χ1n) is 19.5. The number of fused-ring (bicyclic) bond motifs is 8. The van der Waals surface area contributed by atoms with Gasteiger partial charge in [0.2, 0.25) is 5.91 Å². The molecule has 51 heavy (non-hydrogen) atoms. The molecule has 5 aliphatic carbocycles. The van der Waals surface area contributed by atoms with Crippen LogP contribution in [0.5, 0.6) is 0 Å². The molecule has 1 aromatic heterocycles. The number of carboxylic acids is 1. The molecule has 2 N–H and O–H groups in total. The molecule has 4 fully saturated rings. The molecule has 4 saturated carbocycles. The van der Waals surface area contributed by atoms with E-state index in [0.717, 1.165) is 48.2 Å². The van der Waals surface area contributed by atoms with Gasteiger partial charge in [-0.1, -0.05) is 77.1 Å². The second-order valence-corrected chi connectivity index (χ2v) is 19.6. The number of carboxylic acid groups (broad SMARTS) is 1. The van der Waals surface area contributed by atoms with Crippen molar-refractivity contribution in [3.8, 4) is 0 Å². The highest BCUT2D eigenvalue weighted by Crippen LogP contribution is 2.77. The highest BCUT2D eigenvalue weighted by Gasteiger charge is 2.71. The third kappa shape index (κ3) is 4.93. The summed E-state index contributed by atoms with van der Waals surface area (Å²) in [5.74, 6) is 1.76. The summed E-state index contributed by atoms with van der Waals surface area (Å²) in [4.78, 5) is 31.0. The van der Waals surface area contributed by atoms with E-state index in [4.69, 9.17) is 4.98 Å². The number of hydrogen-bond donors (Lipinski definition) is 2. The van der Waals surface area contributed by atoms with Crippen molar-refractivity contribution in [3.63, 3.8) is 0 Å². The standard InChI is InChI=1S/C45H56N2O3S/c1-27(2)30-18-23-45(40(50)46-26-37-47-33-10-8-9-11-34(33)51-37)25-24-43(6)32(38(30)45)16-17-36-42(5)21-19-31(28-12-14-29(15-13-28)39(48)49)41(3,4)35(42)20-22-44(36,43)7/h8-15,19,30,32,35-36,38H,1,16-18,20-26H2,2-7H3,(H,46,50)(H,48,49)/t30-,32+,35-,36+,38+,42-,43+,44+,45-/m0/s1. The Hall–Kier alpha value is -3.25. The second kappa shape index (κ2) is 11.9. The van der Waals surface area contributed by atoms with Crippen LogP contribution in [0.2, 0.25) is 0 Å². The van der Waals surface area contributed by atoms with Crippen LogP contribution in [0, 0.1) is 56.7 Å². The van der Waals surface area contributed by atoms with Crippen molar-refractivity contribution in [3.05, 3.63) is 82.9 Å². The number of carbonyl (C=O) groups excluding carboxylic acids is 1. The summed E-state index contributed by atoms with van der Waals surface area (Å²) < 4.78 is 1.17. The number of allylic oxidation sites excluding steroid dienone is 3. The van der Waals surface area contributed by atoms with Gasteiger partial charge in [0.25, 0.3) is 0 Å². The normalized spacial score (nSPS) is 38.1. The molecule has 0 aliphatic heterocycles. The van der Waals surface area contributed by atoms with Crippen molar-refractivity contribution in [1.82, 2.24) is 10.3 Å². The van der Waals surface area contributed by atoms with E-state index in [2.05, 4.69) is 77.7 Å². The molecule has 6 heteroatoms. The Kier molecular flexibility index (Phi) is 8.11. The Balaban J connectivity index is 1.09. The van der Waals surface area contributed by atoms with E-state index in [1.807, 2.05) is 18.2 Å². The lowest BCUT2D eigenvalue weighted by atomic mass is 9.32. The van der Waals surface area contributed by atoms with Gasteiger partial charge in [0, 0.05) is 0 Å². The van der Waals surface area contributed by atoms with Gasteiger partial charge in [-0.2, -0.15) is 0 Å². The van der Waals surface area contributed by atoms with Crippen molar-refractivity contribution in [1.29, 1.82) is 0 Å². The molecule has 270 valence electrons. The lowest BCUT2D eigenvalue weighted by molar-refractivity contribution is -0.225. The fraction of sp³-hybridized carbons (Fsp3) is 0.578. The van der Waals surface area contributed by atoms with Gasteiger partial charge in [-0.25, -0.2) is 9.78 Å². The van der Waals surface area contributed by atoms with Crippen LogP contribution in [-0.2, 0) is 11.3 Å². The number of amides is 1. The Bertz CT molecular complexity index is 1910. The van der Waals surface area contributed by atoms with E-state index in [9.17, 15) is 14.7 Å². The van der Waals surface area contributed by atoms with Crippen LogP contribution in [0.4, 0.5) is 0 Å². The molecule has 8 rings (SSSR count). The smallest absolute Gasteiger partial charge is 0.335 e. The Labute approximate surface area is 308 Å². The number of nitrogens with one attached hydrogen (secondary N) is 1. The molecule has 0 bridgehead atoms. The zero-order chi connectivity index (χ0) is 36.1. The fourth-order valence-corrected chi connectivity index (χ4v) is 14.7. The van der Waals surface area contributed by atoms with Crippen LogP contribution in [0.15, 0.2) is 66.8 Å². The summed E-state index contributed by atoms with van der Waals surface area (Å²) in [6, 6.07) is 15.8. The lowest BCUT2D eigenvalue weighted by Gasteiger charge is -2.72. The van der Waals surface area contributed by atoms with E-state index in [1.165, 1.54) is 41.5 Å². The zero-order valence-corrected chi connectivity index (χ0v) is 32.3. The molecule has 1 amide bonds. The number of nitrogens with zero attached hydrogens (tertiary/aromatic N) is 1. The van der Waals surface area contributed by atoms with Crippen LogP contribution in [0.1, 0.15) is 120 Å². The predicted molar refractivity (Wildman–Crippen MR) is 207 cm³/mol. The van der Waals surface area contributed by atoms with Gasteiger partial charge in [0.15, 0.2) is 0 Å². The summed E-state index contributed by atoms with van der Waals surface area (Å²) in [5.41, 5.74) is 5.32. The molecule has 0 radical (unpaired) electrons. The first-order chi connectivity index (χ1) is 24.2. The highest BCUT2D eigenvalue weighted by molar-refractivity contribution is 7.18. The molecule has 0 saturated heterocycles. The Morgan fingerprint density at radius 1 is 0.902 bits per heavy atom. The van der Waals surface area contributed by atoms with Crippen LogP contribution in [-0.4, -0.2) is 22.0 Å². The molecular weight excluding hydrogens is 649 g/mol. The third-order valence-electron chi connectivity index (χ3n) is 16.3. The SMILES string of the molecule is C=C(C)[C@@H]1CC[C@]2(C(=O)NCc3nc4ccccc4s3)CC[C@]3(C)[C@H](CC[C@@H]4[C@@]5(C)CC=C(c6ccc(C(=O)O)cc6)C(C)(C)[C@@H]5CC[C@]43C)[C@@H]12. The number of para-hydroxylation sites is 1. The molecule has 5 aliphatic rings.